The van der Waals surface area contributed by atoms with E-state index in [0.717, 1.165) is 17.7 Å². The van der Waals surface area contributed by atoms with Crippen molar-refractivity contribution >= 4 is 34.8 Å². The molecule has 6 heteroatoms. The zero-order valence-corrected chi connectivity index (χ0v) is 15.1. The highest BCUT2D eigenvalue weighted by molar-refractivity contribution is 6.12. The lowest BCUT2D eigenvalue weighted by Crippen LogP contribution is -2.45. The highest BCUT2D eigenvalue weighted by Crippen LogP contribution is 2.33. The van der Waals surface area contributed by atoms with E-state index in [2.05, 4.69) is 12.2 Å². The second-order valence-corrected chi connectivity index (χ2v) is 6.92. The van der Waals surface area contributed by atoms with Crippen LogP contribution in [0.2, 0.25) is 0 Å². The van der Waals surface area contributed by atoms with E-state index >= 15 is 0 Å². The Bertz CT molecular complexity index is 924. The fourth-order valence-corrected chi connectivity index (χ4v) is 3.72. The van der Waals surface area contributed by atoms with E-state index in [4.69, 9.17) is 0 Å². The molecular weight excluding hydrogens is 342 g/mol. The van der Waals surface area contributed by atoms with Crippen molar-refractivity contribution in [3.8, 4) is 0 Å². The first-order chi connectivity index (χ1) is 13.1. The first-order valence-electron chi connectivity index (χ1n) is 9.16. The Labute approximate surface area is 157 Å². The van der Waals surface area contributed by atoms with Gasteiger partial charge in [-0.3, -0.25) is 14.4 Å². The van der Waals surface area contributed by atoms with E-state index in [1.165, 1.54) is 4.90 Å². The van der Waals surface area contributed by atoms with Crippen LogP contribution in [-0.2, 0) is 20.8 Å². The normalized spacial score (nSPS) is 19.1. The Morgan fingerprint density at radius 3 is 2.78 bits per heavy atom. The van der Waals surface area contributed by atoms with Crippen LogP contribution in [0.5, 0.6) is 0 Å². The minimum atomic E-state index is -0.457. The molecule has 0 aliphatic carbocycles. The van der Waals surface area contributed by atoms with Crippen LogP contribution < -0.4 is 15.1 Å². The summed E-state index contributed by atoms with van der Waals surface area (Å²) >= 11 is 0. The minimum Gasteiger partial charge on any atom is -0.323 e. The molecule has 0 radical (unpaired) electrons. The summed E-state index contributed by atoms with van der Waals surface area (Å²) in [6.45, 7) is 2.38. The van der Waals surface area contributed by atoms with Crippen LogP contribution in [0, 0.1) is 5.92 Å². The maximum Gasteiger partial charge on any atom is 0.244 e. The van der Waals surface area contributed by atoms with Crippen molar-refractivity contribution in [2.45, 2.75) is 19.8 Å². The molecule has 1 N–H and O–H groups in total. The number of fused-ring (bicyclic) bond motifs is 1. The molecule has 2 aliphatic rings. The molecule has 2 aromatic carbocycles. The van der Waals surface area contributed by atoms with Gasteiger partial charge in [-0.05, 0) is 36.2 Å². The van der Waals surface area contributed by atoms with Gasteiger partial charge >= 0.3 is 0 Å². The van der Waals surface area contributed by atoms with Crippen LogP contribution in [-0.4, -0.2) is 30.8 Å². The molecule has 1 atom stereocenters. The van der Waals surface area contributed by atoms with Gasteiger partial charge < -0.3 is 15.1 Å². The van der Waals surface area contributed by atoms with Crippen LogP contribution in [0.4, 0.5) is 17.1 Å². The zero-order chi connectivity index (χ0) is 19.0. The molecule has 27 heavy (non-hydrogen) atoms. The van der Waals surface area contributed by atoms with E-state index in [-0.39, 0.29) is 30.7 Å². The van der Waals surface area contributed by atoms with Crippen molar-refractivity contribution in [3.05, 3.63) is 54.1 Å². The van der Waals surface area contributed by atoms with Crippen molar-refractivity contribution in [2.75, 3.05) is 28.2 Å². The number of carbonyl (C=O) groups excluding carboxylic acids is 3. The molecule has 1 unspecified atom stereocenters. The van der Waals surface area contributed by atoms with Crippen LogP contribution in [0.15, 0.2) is 48.5 Å². The molecule has 2 heterocycles. The molecule has 2 aromatic rings. The Balaban J connectivity index is 1.57. The summed E-state index contributed by atoms with van der Waals surface area (Å²) in [6, 6.07) is 15.1. The van der Waals surface area contributed by atoms with Gasteiger partial charge in [-0.15, -0.1) is 0 Å². The summed E-state index contributed by atoms with van der Waals surface area (Å²) < 4.78 is 0. The SMILES string of the molecule is CCc1cccc(N2CC(C(=O)N3CC(=O)Nc4ccccc43)CC2=O)c1. The number of carbonyl (C=O) groups is 3. The highest BCUT2D eigenvalue weighted by atomic mass is 16.2. The van der Waals surface area contributed by atoms with Crippen LogP contribution in [0.1, 0.15) is 18.9 Å². The van der Waals surface area contributed by atoms with Gasteiger partial charge in [0, 0.05) is 18.7 Å². The molecule has 3 amide bonds. The largest absolute Gasteiger partial charge is 0.323 e. The van der Waals surface area contributed by atoms with Crippen molar-refractivity contribution in [2.24, 2.45) is 5.92 Å². The molecular formula is C21H21N3O3. The zero-order valence-electron chi connectivity index (χ0n) is 15.1. The lowest BCUT2D eigenvalue weighted by Gasteiger charge is -2.30. The van der Waals surface area contributed by atoms with Gasteiger partial charge in [0.05, 0.1) is 17.3 Å². The van der Waals surface area contributed by atoms with E-state index in [0.29, 0.717) is 17.9 Å². The third-order valence-electron chi connectivity index (χ3n) is 5.14. The Kier molecular flexibility index (Phi) is 4.39. The second-order valence-electron chi connectivity index (χ2n) is 6.92. The first kappa shape index (κ1) is 17.3. The molecule has 0 saturated carbocycles. The molecule has 1 saturated heterocycles. The fraction of sp³-hybridized carbons (Fsp3) is 0.286. The average Bonchev–Trinajstić information content (AvgIpc) is 3.08. The maximum atomic E-state index is 13.1. The number of para-hydroxylation sites is 2. The van der Waals surface area contributed by atoms with E-state index in [1.807, 2.05) is 42.5 Å². The van der Waals surface area contributed by atoms with Gasteiger partial charge in [0.15, 0.2) is 0 Å². The lowest BCUT2D eigenvalue weighted by atomic mass is 10.1. The molecule has 0 aromatic heterocycles. The number of aryl methyl sites for hydroxylation is 1. The van der Waals surface area contributed by atoms with E-state index < -0.39 is 5.92 Å². The summed E-state index contributed by atoms with van der Waals surface area (Å²) in [4.78, 5) is 40.8. The third-order valence-corrected chi connectivity index (χ3v) is 5.14. The first-order valence-corrected chi connectivity index (χ1v) is 9.16. The van der Waals surface area contributed by atoms with Crippen molar-refractivity contribution in [1.82, 2.24) is 0 Å². The van der Waals surface area contributed by atoms with Crippen molar-refractivity contribution in [1.29, 1.82) is 0 Å². The summed E-state index contributed by atoms with van der Waals surface area (Å²) in [5, 5.41) is 2.78. The quantitative estimate of drug-likeness (QED) is 0.911. The van der Waals surface area contributed by atoms with Crippen LogP contribution in [0.25, 0.3) is 0 Å². The van der Waals surface area contributed by atoms with Crippen molar-refractivity contribution in [3.63, 3.8) is 0 Å². The average molecular weight is 363 g/mol. The monoisotopic (exact) mass is 363 g/mol. The summed E-state index contributed by atoms with van der Waals surface area (Å²) in [7, 11) is 0. The number of nitrogens with zero attached hydrogens (tertiary/aromatic N) is 2. The second kappa shape index (κ2) is 6.87. The third kappa shape index (κ3) is 3.18. The molecule has 4 rings (SSSR count). The lowest BCUT2D eigenvalue weighted by molar-refractivity contribution is -0.125. The number of anilines is 3. The van der Waals surface area contributed by atoms with Crippen molar-refractivity contribution < 1.29 is 14.4 Å². The van der Waals surface area contributed by atoms with Gasteiger partial charge in [-0.2, -0.15) is 0 Å². The molecule has 0 spiro atoms. The Morgan fingerprint density at radius 2 is 1.96 bits per heavy atom. The van der Waals surface area contributed by atoms with Gasteiger partial charge in [0.2, 0.25) is 17.7 Å². The molecule has 138 valence electrons. The molecule has 6 nitrogen and oxygen atoms in total. The Hall–Kier alpha value is -3.15. The summed E-state index contributed by atoms with van der Waals surface area (Å²) in [6.07, 6.45) is 1.05. The van der Waals surface area contributed by atoms with E-state index in [9.17, 15) is 14.4 Å². The maximum absolute atomic E-state index is 13.1. The predicted octanol–water partition coefficient (Wildman–Crippen LogP) is 2.59. The number of hydrogen-bond acceptors (Lipinski definition) is 3. The molecule has 0 bridgehead atoms. The molecule has 1 fully saturated rings. The number of nitrogens with one attached hydrogen (secondary N) is 1. The van der Waals surface area contributed by atoms with Gasteiger partial charge in [-0.25, -0.2) is 0 Å². The number of hydrogen-bond donors (Lipinski definition) is 1. The number of amides is 3. The molecule has 2 aliphatic heterocycles. The number of benzene rings is 2. The summed E-state index contributed by atoms with van der Waals surface area (Å²) in [5.41, 5.74) is 3.28. The van der Waals surface area contributed by atoms with Crippen LogP contribution >= 0.6 is 0 Å². The standard InChI is InChI=1S/C21H21N3O3/c1-2-14-6-5-7-16(10-14)23-12-15(11-20(23)26)21(27)24-13-19(25)22-17-8-3-4-9-18(17)24/h3-10,15H,2,11-13H2,1H3,(H,22,25). The van der Waals surface area contributed by atoms with Gasteiger partial charge in [0.1, 0.15) is 6.54 Å². The van der Waals surface area contributed by atoms with Gasteiger partial charge in [0.25, 0.3) is 0 Å². The topological polar surface area (TPSA) is 69.7 Å². The predicted molar refractivity (Wildman–Crippen MR) is 104 cm³/mol. The van der Waals surface area contributed by atoms with E-state index in [1.54, 1.807) is 11.0 Å². The van der Waals surface area contributed by atoms with Gasteiger partial charge in [-0.1, -0.05) is 31.2 Å². The highest BCUT2D eigenvalue weighted by Gasteiger charge is 2.39. The summed E-state index contributed by atoms with van der Waals surface area (Å²) in [5.74, 6) is -0.920. The minimum absolute atomic E-state index is 0.0220. The smallest absolute Gasteiger partial charge is 0.244 e. The fourth-order valence-electron chi connectivity index (χ4n) is 3.72. The number of rotatable bonds is 3. The Morgan fingerprint density at radius 1 is 1.15 bits per heavy atom. The van der Waals surface area contributed by atoms with Crippen LogP contribution in [0.3, 0.4) is 0 Å².